The fraction of sp³-hybridized carbons (Fsp3) is 0.750. The normalized spacial score (nSPS) is 23.6. The minimum absolute atomic E-state index is 0.0261. The van der Waals surface area contributed by atoms with E-state index in [-0.39, 0.29) is 15.8 Å². The number of hydrogen-bond donors (Lipinski definition) is 1. The summed E-state index contributed by atoms with van der Waals surface area (Å²) in [4.78, 5) is 4.64. The van der Waals surface area contributed by atoms with Crippen LogP contribution in [0.25, 0.3) is 0 Å². The molecule has 0 aliphatic heterocycles. The highest BCUT2D eigenvalue weighted by Gasteiger charge is 2.46. The first-order valence-electron chi connectivity index (χ1n) is 9.69. The van der Waals surface area contributed by atoms with Crippen molar-refractivity contribution in [2.45, 2.75) is 89.4 Å². The standard InChI is InChI=1S/C20H35BrN2O2SSi/c1-19(2,3)26(24)23-18(16-10-9-11-17(21)22-16)14-12-15(13-14)25-27(7,8)20(4,5)6/h9-11,14-15,18,23H,12-13H2,1-8H3/t14?,15?,18-,26?/m1/s1. The Balaban J connectivity index is 2.10. The van der Waals surface area contributed by atoms with Crippen molar-refractivity contribution >= 4 is 35.6 Å². The molecule has 2 atom stereocenters. The van der Waals surface area contributed by atoms with E-state index < -0.39 is 19.7 Å². The second kappa shape index (κ2) is 8.44. The van der Waals surface area contributed by atoms with Crippen LogP contribution in [0.1, 0.15) is 66.1 Å². The van der Waals surface area contributed by atoms with Gasteiger partial charge in [-0.2, -0.15) is 0 Å². The Hall–Kier alpha value is 0.0769. The highest BCUT2D eigenvalue weighted by Crippen LogP contribution is 2.45. The van der Waals surface area contributed by atoms with E-state index in [0.29, 0.717) is 12.0 Å². The predicted octanol–water partition coefficient (Wildman–Crippen LogP) is 5.74. The molecule has 1 saturated carbocycles. The molecule has 0 amide bonds. The van der Waals surface area contributed by atoms with E-state index in [1.165, 1.54) is 0 Å². The number of rotatable bonds is 6. The van der Waals surface area contributed by atoms with Crippen LogP contribution in [0.2, 0.25) is 18.1 Å². The molecule has 1 N–H and O–H groups in total. The lowest BCUT2D eigenvalue weighted by molar-refractivity contribution is 0.0365. The molecule has 1 aromatic rings. The maximum atomic E-state index is 12.8. The van der Waals surface area contributed by atoms with Crippen LogP contribution < -0.4 is 4.72 Å². The van der Waals surface area contributed by atoms with Crippen molar-refractivity contribution in [1.29, 1.82) is 0 Å². The number of nitrogens with one attached hydrogen (secondary N) is 1. The average molecular weight is 476 g/mol. The Morgan fingerprint density at radius 2 is 1.81 bits per heavy atom. The van der Waals surface area contributed by atoms with Gasteiger partial charge in [-0.15, -0.1) is 4.72 Å². The third-order valence-corrected chi connectivity index (χ3v) is 12.3. The van der Waals surface area contributed by atoms with Crippen molar-refractivity contribution in [2.75, 3.05) is 0 Å². The van der Waals surface area contributed by atoms with Crippen molar-refractivity contribution in [2.24, 2.45) is 5.92 Å². The van der Waals surface area contributed by atoms with Crippen molar-refractivity contribution in [3.05, 3.63) is 28.5 Å². The van der Waals surface area contributed by atoms with Crippen LogP contribution in [-0.4, -0.2) is 28.7 Å². The van der Waals surface area contributed by atoms with Crippen LogP contribution in [0, 0.1) is 5.92 Å². The van der Waals surface area contributed by atoms with Gasteiger partial charge in [0.15, 0.2) is 8.32 Å². The lowest BCUT2D eigenvalue weighted by atomic mass is 9.76. The first-order chi connectivity index (χ1) is 12.2. The highest BCUT2D eigenvalue weighted by atomic mass is 79.9. The summed E-state index contributed by atoms with van der Waals surface area (Å²) in [6.45, 7) is 17.4. The minimum atomic E-state index is -1.76. The molecule has 4 nitrogen and oxygen atoms in total. The van der Waals surface area contributed by atoms with Gasteiger partial charge in [-0.1, -0.05) is 26.8 Å². The monoisotopic (exact) mass is 474 g/mol. The largest absolute Gasteiger partial charge is 0.598 e. The Labute approximate surface area is 177 Å². The van der Waals surface area contributed by atoms with Crippen LogP contribution in [-0.2, 0) is 15.8 Å². The second-order valence-electron chi connectivity index (χ2n) is 10.1. The number of hydrogen-bond acceptors (Lipinski definition) is 4. The molecular formula is C20H35BrN2O2SSi. The molecule has 1 heterocycles. The molecule has 7 heteroatoms. The third kappa shape index (κ3) is 6.03. The molecule has 27 heavy (non-hydrogen) atoms. The molecule has 154 valence electrons. The molecule has 0 spiro atoms. The zero-order valence-electron chi connectivity index (χ0n) is 17.9. The topological polar surface area (TPSA) is 57.2 Å². The Kier molecular flexibility index (Phi) is 7.30. The van der Waals surface area contributed by atoms with Gasteiger partial charge < -0.3 is 8.98 Å². The van der Waals surface area contributed by atoms with Crippen LogP contribution in [0.5, 0.6) is 0 Å². The number of pyridine rings is 1. The summed E-state index contributed by atoms with van der Waals surface area (Å²) in [5, 5.41) is 0.218. The SMILES string of the molecule is CC(C)(C)[S+]([O-])N[C@@H](c1cccc(Br)n1)C1CC(O[Si](C)(C)C(C)(C)C)C1. The van der Waals surface area contributed by atoms with Gasteiger partial charge >= 0.3 is 0 Å². The fourth-order valence-corrected chi connectivity index (χ4v) is 5.49. The molecule has 0 saturated heterocycles. The van der Waals surface area contributed by atoms with Gasteiger partial charge in [-0.05, 0) is 85.7 Å². The Bertz CT molecular complexity index is 640. The predicted molar refractivity (Wildman–Crippen MR) is 121 cm³/mol. The minimum Gasteiger partial charge on any atom is -0.598 e. The van der Waals surface area contributed by atoms with E-state index in [0.717, 1.165) is 23.1 Å². The van der Waals surface area contributed by atoms with E-state index >= 15 is 0 Å². The Morgan fingerprint density at radius 3 is 2.30 bits per heavy atom. The van der Waals surface area contributed by atoms with Gasteiger partial charge in [-0.3, -0.25) is 0 Å². The van der Waals surface area contributed by atoms with E-state index in [1.807, 2.05) is 39.0 Å². The van der Waals surface area contributed by atoms with Gasteiger partial charge in [0.05, 0.1) is 11.7 Å². The zero-order valence-corrected chi connectivity index (χ0v) is 21.3. The average Bonchev–Trinajstić information content (AvgIpc) is 2.46. The molecule has 1 fully saturated rings. The van der Waals surface area contributed by atoms with Crippen LogP contribution >= 0.6 is 15.9 Å². The van der Waals surface area contributed by atoms with Crippen molar-refractivity contribution in [1.82, 2.24) is 9.71 Å². The smallest absolute Gasteiger partial charge is 0.192 e. The Morgan fingerprint density at radius 1 is 1.22 bits per heavy atom. The summed E-state index contributed by atoms with van der Waals surface area (Å²) in [6.07, 6.45) is 2.27. The molecular weight excluding hydrogens is 440 g/mol. The molecule has 0 aromatic carbocycles. The number of nitrogens with zero attached hydrogens (tertiary/aromatic N) is 1. The fourth-order valence-electron chi connectivity index (χ4n) is 2.86. The van der Waals surface area contributed by atoms with E-state index in [4.69, 9.17) is 4.43 Å². The quantitative estimate of drug-likeness (QED) is 0.324. The summed E-state index contributed by atoms with van der Waals surface area (Å²) in [6, 6.07) is 5.90. The number of aromatic nitrogens is 1. The molecule has 1 unspecified atom stereocenters. The van der Waals surface area contributed by atoms with E-state index in [1.54, 1.807) is 0 Å². The summed E-state index contributed by atoms with van der Waals surface area (Å²) in [5.74, 6) is 0.382. The lowest BCUT2D eigenvalue weighted by Gasteiger charge is -2.46. The second-order valence-corrected chi connectivity index (χ2v) is 17.7. The molecule has 2 rings (SSSR count). The van der Waals surface area contributed by atoms with E-state index in [2.05, 4.69) is 59.5 Å². The lowest BCUT2D eigenvalue weighted by Crippen LogP contribution is -2.51. The summed E-state index contributed by atoms with van der Waals surface area (Å²) < 4.78 is 23.2. The first-order valence-corrected chi connectivity index (χ1v) is 14.5. The van der Waals surface area contributed by atoms with Crippen LogP contribution in [0.15, 0.2) is 22.8 Å². The van der Waals surface area contributed by atoms with Gasteiger partial charge in [0, 0.05) is 17.5 Å². The summed E-state index contributed by atoms with van der Waals surface area (Å²) in [7, 11) is -1.76. The van der Waals surface area contributed by atoms with Gasteiger partial charge in [-0.25, -0.2) is 4.98 Å². The molecule has 0 bridgehead atoms. The third-order valence-electron chi connectivity index (χ3n) is 5.72. The number of halogens is 1. The summed E-state index contributed by atoms with van der Waals surface area (Å²) >= 11 is 2.32. The summed E-state index contributed by atoms with van der Waals surface area (Å²) in [5.41, 5.74) is 0.942. The molecule has 1 aliphatic rings. The molecule has 0 radical (unpaired) electrons. The maximum absolute atomic E-state index is 12.8. The van der Waals surface area contributed by atoms with Crippen LogP contribution in [0.3, 0.4) is 0 Å². The van der Waals surface area contributed by atoms with Gasteiger partial charge in [0.25, 0.3) is 0 Å². The zero-order chi connectivity index (χ0) is 20.6. The highest BCUT2D eigenvalue weighted by molar-refractivity contribution is 9.10. The maximum Gasteiger partial charge on any atom is 0.192 e. The van der Waals surface area contributed by atoms with E-state index in [9.17, 15) is 4.55 Å². The van der Waals surface area contributed by atoms with Gasteiger partial charge in [0.2, 0.25) is 0 Å². The first kappa shape index (κ1) is 23.4. The van der Waals surface area contributed by atoms with Crippen molar-refractivity contribution in [3.63, 3.8) is 0 Å². The van der Waals surface area contributed by atoms with Crippen molar-refractivity contribution < 1.29 is 8.98 Å². The molecule has 1 aromatic heterocycles. The molecule has 1 aliphatic carbocycles. The van der Waals surface area contributed by atoms with Gasteiger partial charge in [0.1, 0.15) is 9.35 Å². The van der Waals surface area contributed by atoms with Crippen LogP contribution in [0.4, 0.5) is 0 Å². The van der Waals surface area contributed by atoms with Crippen molar-refractivity contribution in [3.8, 4) is 0 Å².